The zero-order chi connectivity index (χ0) is 24.2. The number of hydrogen-bond acceptors (Lipinski definition) is 4. The first-order valence-corrected chi connectivity index (χ1v) is 12.3. The number of aryl methyl sites for hydroxylation is 2. The molecule has 5 nitrogen and oxygen atoms in total. The van der Waals surface area contributed by atoms with Crippen molar-refractivity contribution in [1.82, 2.24) is 19.6 Å². The van der Waals surface area contributed by atoms with Crippen LogP contribution in [0.5, 0.6) is 0 Å². The van der Waals surface area contributed by atoms with Gasteiger partial charge in [0.15, 0.2) is 0 Å². The van der Waals surface area contributed by atoms with Crippen molar-refractivity contribution in [2.24, 2.45) is 0 Å². The van der Waals surface area contributed by atoms with E-state index in [2.05, 4.69) is 78.3 Å². The molecule has 4 aromatic rings. The zero-order valence-electron chi connectivity index (χ0n) is 20.5. The Morgan fingerprint density at radius 2 is 1.51 bits per heavy atom. The van der Waals surface area contributed by atoms with Gasteiger partial charge in [-0.1, -0.05) is 78.4 Å². The summed E-state index contributed by atoms with van der Waals surface area (Å²) < 4.78 is 1.66. The molecule has 0 amide bonds. The second-order valence-electron chi connectivity index (χ2n) is 9.39. The Kier molecular flexibility index (Phi) is 6.89. The van der Waals surface area contributed by atoms with Gasteiger partial charge in [0.1, 0.15) is 0 Å². The minimum atomic E-state index is -0.0251. The average molecular weight is 465 g/mol. The van der Waals surface area contributed by atoms with Crippen LogP contribution in [0.15, 0.2) is 83.7 Å². The SMILES string of the molecule is Cc1ccc(C)c(-c2nn(CN3CCN(C/C=C/c4ccccc4)CC3)c(=O)c3ccccc23)c1. The van der Waals surface area contributed by atoms with Crippen LogP contribution in [0.4, 0.5) is 0 Å². The van der Waals surface area contributed by atoms with Crippen molar-refractivity contribution in [3.63, 3.8) is 0 Å². The molecule has 1 fully saturated rings. The first-order chi connectivity index (χ1) is 17.1. The first kappa shape index (κ1) is 23.2. The quantitative estimate of drug-likeness (QED) is 0.404. The summed E-state index contributed by atoms with van der Waals surface area (Å²) in [6.45, 7) is 9.43. The zero-order valence-corrected chi connectivity index (χ0v) is 20.5. The first-order valence-electron chi connectivity index (χ1n) is 12.3. The molecule has 1 aliphatic rings. The molecule has 5 rings (SSSR count). The number of hydrogen-bond donors (Lipinski definition) is 0. The van der Waals surface area contributed by atoms with E-state index in [4.69, 9.17) is 5.10 Å². The highest BCUT2D eigenvalue weighted by Crippen LogP contribution is 2.28. The minimum absolute atomic E-state index is 0.0251. The van der Waals surface area contributed by atoms with Crippen molar-refractivity contribution in [2.45, 2.75) is 20.5 Å². The molecular formula is C30H32N4O. The van der Waals surface area contributed by atoms with Crippen LogP contribution in [-0.2, 0) is 6.67 Å². The van der Waals surface area contributed by atoms with Crippen LogP contribution in [0.2, 0.25) is 0 Å². The second-order valence-corrected chi connectivity index (χ2v) is 9.39. The second kappa shape index (κ2) is 10.4. The summed E-state index contributed by atoms with van der Waals surface area (Å²) in [5, 5.41) is 6.55. The lowest BCUT2D eigenvalue weighted by Gasteiger charge is -2.34. The topological polar surface area (TPSA) is 41.4 Å². The normalized spacial score (nSPS) is 15.3. The van der Waals surface area contributed by atoms with E-state index in [0.29, 0.717) is 6.67 Å². The molecule has 5 heteroatoms. The van der Waals surface area contributed by atoms with Gasteiger partial charge in [-0.2, -0.15) is 5.10 Å². The molecule has 2 heterocycles. The number of rotatable bonds is 6. The van der Waals surface area contributed by atoms with Gasteiger partial charge < -0.3 is 0 Å². The third-order valence-corrected chi connectivity index (χ3v) is 6.79. The van der Waals surface area contributed by atoms with Crippen molar-refractivity contribution >= 4 is 16.8 Å². The van der Waals surface area contributed by atoms with E-state index in [1.54, 1.807) is 4.68 Å². The third-order valence-electron chi connectivity index (χ3n) is 6.79. The molecule has 35 heavy (non-hydrogen) atoms. The Morgan fingerprint density at radius 1 is 0.829 bits per heavy atom. The highest BCUT2D eigenvalue weighted by Gasteiger charge is 2.19. The molecule has 0 N–H and O–H groups in total. The smallest absolute Gasteiger partial charge is 0.275 e. The fourth-order valence-corrected chi connectivity index (χ4v) is 4.73. The van der Waals surface area contributed by atoms with Crippen LogP contribution >= 0.6 is 0 Å². The van der Waals surface area contributed by atoms with E-state index in [1.807, 2.05) is 30.3 Å². The summed E-state index contributed by atoms with van der Waals surface area (Å²) in [4.78, 5) is 18.1. The number of aromatic nitrogens is 2. The van der Waals surface area contributed by atoms with E-state index in [9.17, 15) is 4.79 Å². The van der Waals surface area contributed by atoms with Gasteiger partial charge in [0.25, 0.3) is 5.56 Å². The monoisotopic (exact) mass is 464 g/mol. The molecule has 0 saturated carbocycles. The van der Waals surface area contributed by atoms with Crippen LogP contribution in [0.25, 0.3) is 28.1 Å². The van der Waals surface area contributed by atoms with Crippen molar-refractivity contribution < 1.29 is 0 Å². The van der Waals surface area contributed by atoms with E-state index < -0.39 is 0 Å². The van der Waals surface area contributed by atoms with Crippen LogP contribution < -0.4 is 5.56 Å². The van der Waals surface area contributed by atoms with Crippen molar-refractivity contribution in [3.8, 4) is 11.3 Å². The lowest BCUT2D eigenvalue weighted by Crippen LogP contribution is -2.48. The molecule has 178 valence electrons. The molecule has 1 aromatic heterocycles. The molecule has 1 aliphatic heterocycles. The van der Waals surface area contributed by atoms with Gasteiger partial charge in [0.2, 0.25) is 0 Å². The Morgan fingerprint density at radius 3 is 2.29 bits per heavy atom. The molecular weight excluding hydrogens is 432 g/mol. The van der Waals surface area contributed by atoms with Gasteiger partial charge in [-0.05, 0) is 37.1 Å². The summed E-state index contributed by atoms with van der Waals surface area (Å²) in [5.74, 6) is 0. The molecule has 0 atom stereocenters. The fourth-order valence-electron chi connectivity index (χ4n) is 4.73. The molecule has 0 aliphatic carbocycles. The van der Waals surface area contributed by atoms with Gasteiger partial charge in [-0.15, -0.1) is 0 Å². The summed E-state index contributed by atoms with van der Waals surface area (Å²) in [6, 6.07) is 24.7. The maximum atomic E-state index is 13.3. The number of piperazine rings is 1. The van der Waals surface area contributed by atoms with Gasteiger partial charge in [-0.3, -0.25) is 14.6 Å². The number of benzene rings is 3. The highest BCUT2D eigenvalue weighted by molar-refractivity contribution is 5.94. The minimum Gasteiger partial charge on any atom is -0.297 e. The van der Waals surface area contributed by atoms with Crippen LogP contribution in [0.3, 0.4) is 0 Å². The number of nitrogens with zero attached hydrogens (tertiary/aromatic N) is 4. The van der Waals surface area contributed by atoms with Gasteiger partial charge in [0.05, 0.1) is 17.7 Å². The predicted octanol–water partition coefficient (Wildman–Crippen LogP) is 4.97. The average Bonchev–Trinajstić information content (AvgIpc) is 2.89. The lowest BCUT2D eigenvalue weighted by molar-refractivity contribution is 0.109. The van der Waals surface area contributed by atoms with E-state index in [1.165, 1.54) is 11.1 Å². The van der Waals surface area contributed by atoms with Crippen molar-refractivity contribution in [3.05, 3.63) is 106 Å². The summed E-state index contributed by atoms with van der Waals surface area (Å²) in [7, 11) is 0. The van der Waals surface area contributed by atoms with E-state index in [0.717, 1.165) is 60.3 Å². The molecule has 0 spiro atoms. The van der Waals surface area contributed by atoms with Gasteiger partial charge in [0, 0.05) is 43.7 Å². The van der Waals surface area contributed by atoms with E-state index >= 15 is 0 Å². The van der Waals surface area contributed by atoms with Gasteiger partial charge in [-0.25, -0.2) is 4.68 Å². The Labute approximate surface area is 206 Å². The Bertz CT molecular complexity index is 1400. The van der Waals surface area contributed by atoms with Crippen molar-refractivity contribution in [1.29, 1.82) is 0 Å². The summed E-state index contributed by atoms with van der Waals surface area (Å²) >= 11 is 0. The number of fused-ring (bicyclic) bond motifs is 1. The summed E-state index contributed by atoms with van der Waals surface area (Å²) in [6.07, 6.45) is 4.41. The lowest BCUT2D eigenvalue weighted by atomic mass is 9.99. The maximum Gasteiger partial charge on any atom is 0.275 e. The third kappa shape index (κ3) is 5.26. The van der Waals surface area contributed by atoms with Crippen molar-refractivity contribution in [2.75, 3.05) is 32.7 Å². The maximum absolute atomic E-state index is 13.3. The predicted molar refractivity (Wildman–Crippen MR) is 144 cm³/mol. The van der Waals surface area contributed by atoms with Crippen LogP contribution in [-0.4, -0.2) is 52.3 Å². The van der Waals surface area contributed by atoms with E-state index in [-0.39, 0.29) is 5.56 Å². The fraction of sp³-hybridized carbons (Fsp3) is 0.267. The van der Waals surface area contributed by atoms with Gasteiger partial charge >= 0.3 is 0 Å². The Hall–Kier alpha value is -3.54. The standard InChI is InChI=1S/C30H32N4O/c1-23-14-15-24(2)28(21-23)29-26-12-6-7-13-27(26)30(35)34(31-29)22-33-19-17-32(18-20-33)16-8-11-25-9-4-3-5-10-25/h3-15,21H,16-20,22H2,1-2H3/b11-8+. The molecule has 0 radical (unpaired) electrons. The van der Waals surface area contributed by atoms with Crippen LogP contribution in [0.1, 0.15) is 16.7 Å². The highest BCUT2D eigenvalue weighted by atomic mass is 16.1. The largest absolute Gasteiger partial charge is 0.297 e. The molecule has 0 bridgehead atoms. The molecule has 3 aromatic carbocycles. The molecule has 0 unspecified atom stereocenters. The summed E-state index contributed by atoms with van der Waals surface area (Å²) in [5.41, 5.74) is 5.52. The molecule has 1 saturated heterocycles. The van der Waals surface area contributed by atoms with Crippen LogP contribution in [0, 0.1) is 13.8 Å². The Balaban J connectivity index is 1.33.